The van der Waals surface area contributed by atoms with Gasteiger partial charge in [0, 0.05) is 30.3 Å². The second-order valence-corrected chi connectivity index (χ2v) is 5.04. The summed E-state index contributed by atoms with van der Waals surface area (Å²) < 4.78 is 0. The summed E-state index contributed by atoms with van der Waals surface area (Å²) in [6, 6.07) is 11.5. The summed E-state index contributed by atoms with van der Waals surface area (Å²) >= 11 is 1.77. The Morgan fingerprint density at radius 2 is 2.00 bits per heavy atom. The third-order valence-electron chi connectivity index (χ3n) is 2.70. The maximum atomic E-state index is 12.0. The zero-order valence-corrected chi connectivity index (χ0v) is 11.6. The minimum atomic E-state index is -0.0560. The predicted octanol–water partition coefficient (Wildman–Crippen LogP) is 2.87. The molecule has 0 saturated carbocycles. The molecule has 3 nitrogen and oxygen atoms in total. The highest BCUT2D eigenvalue weighted by atomic mass is 32.2. The molecule has 0 atom stereocenters. The molecule has 0 radical (unpaired) electrons. The first-order valence-electron chi connectivity index (χ1n) is 6.04. The van der Waals surface area contributed by atoms with Gasteiger partial charge in [0.25, 0.3) is 5.91 Å². The van der Waals surface area contributed by atoms with Crippen LogP contribution in [0.15, 0.2) is 48.8 Å². The van der Waals surface area contributed by atoms with Crippen molar-refractivity contribution in [2.75, 3.05) is 6.26 Å². The lowest BCUT2D eigenvalue weighted by Crippen LogP contribution is -2.22. The lowest BCUT2D eigenvalue weighted by molar-refractivity contribution is 0.0951. The molecule has 2 rings (SSSR count). The molecule has 0 spiro atoms. The topological polar surface area (TPSA) is 42.0 Å². The van der Waals surface area contributed by atoms with Gasteiger partial charge in [0.1, 0.15) is 0 Å². The van der Waals surface area contributed by atoms with Gasteiger partial charge in [-0.05, 0) is 35.6 Å². The van der Waals surface area contributed by atoms with Crippen LogP contribution < -0.4 is 5.32 Å². The molecule has 0 aliphatic carbocycles. The number of carbonyl (C=O) groups is 1. The molecule has 2 aromatic rings. The molecule has 1 heterocycles. The largest absolute Gasteiger partial charge is 0.348 e. The van der Waals surface area contributed by atoms with Crippen molar-refractivity contribution < 1.29 is 4.79 Å². The van der Waals surface area contributed by atoms with Crippen molar-refractivity contribution in [1.29, 1.82) is 0 Å². The predicted molar refractivity (Wildman–Crippen MR) is 79.1 cm³/mol. The van der Waals surface area contributed by atoms with Crippen LogP contribution in [0.25, 0.3) is 0 Å². The Hall–Kier alpha value is -1.81. The van der Waals surface area contributed by atoms with E-state index < -0.39 is 0 Å². The van der Waals surface area contributed by atoms with Crippen molar-refractivity contribution in [3.05, 3.63) is 65.5 Å². The number of benzene rings is 1. The van der Waals surface area contributed by atoms with Crippen molar-refractivity contribution in [2.24, 2.45) is 0 Å². The summed E-state index contributed by atoms with van der Waals surface area (Å²) in [5, 5.41) is 2.88. The van der Waals surface area contributed by atoms with Crippen LogP contribution in [0.2, 0.25) is 0 Å². The second kappa shape index (κ2) is 6.95. The molecule has 4 heteroatoms. The normalized spacial score (nSPS) is 10.2. The average molecular weight is 272 g/mol. The van der Waals surface area contributed by atoms with E-state index in [0.29, 0.717) is 12.1 Å². The molecule has 0 saturated heterocycles. The van der Waals surface area contributed by atoms with Crippen LogP contribution in [0.1, 0.15) is 21.5 Å². The quantitative estimate of drug-likeness (QED) is 0.910. The third kappa shape index (κ3) is 4.10. The van der Waals surface area contributed by atoms with Gasteiger partial charge in [0.15, 0.2) is 0 Å². The molecule has 0 unspecified atom stereocenters. The standard InChI is InChI=1S/C15H16N2OS/c1-19-11-12-4-6-14(7-5-12)15(18)17-10-13-3-2-8-16-9-13/h2-9H,10-11H2,1H3,(H,17,18). The zero-order valence-electron chi connectivity index (χ0n) is 10.8. The molecule has 0 aliphatic rings. The fourth-order valence-electron chi connectivity index (χ4n) is 1.71. The zero-order chi connectivity index (χ0) is 13.5. The Balaban J connectivity index is 1.92. The van der Waals surface area contributed by atoms with E-state index >= 15 is 0 Å². The number of nitrogens with zero attached hydrogens (tertiary/aromatic N) is 1. The van der Waals surface area contributed by atoms with Crippen LogP contribution in [0, 0.1) is 0 Å². The van der Waals surface area contributed by atoms with E-state index in [-0.39, 0.29) is 5.91 Å². The Bertz CT molecular complexity index is 526. The van der Waals surface area contributed by atoms with E-state index in [1.165, 1.54) is 5.56 Å². The highest BCUT2D eigenvalue weighted by molar-refractivity contribution is 7.97. The lowest BCUT2D eigenvalue weighted by Gasteiger charge is -2.06. The van der Waals surface area contributed by atoms with Crippen LogP contribution in [-0.2, 0) is 12.3 Å². The highest BCUT2D eigenvalue weighted by Gasteiger charge is 2.04. The van der Waals surface area contributed by atoms with Gasteiger partial charge in [0.05, 0.1) is 0 Å². The Morgan fingerprint density at radius 3 is 2.63 bits per heavy atom. The van der Waals surface area contributed by atoms with Gasteiger partial charge in [-0.15, -0.1) is 0 Å². The van der Waals surface area contributed by atoms with Gasteiger partial charge < -0.3 is 5.32 Å². The number of hydrogen-bond donors (Lipinski definition) is 1. The highest BCUT2D eigenvalue weighted by Crippen LogP contribution is 2.10. The molecule has 1 aromatic carbocycles. The number of pyridine rings is 1. The summed E-state index contributed by atoms with van der Waals surface area (Å²) in [5.74, 6) is 0.914. The maximum absolute atomic E-state index is 12.0. The van der Waals surface area contributed by atoms with Crippen molar-refractivity contribution in [3.8, 4) is 0 Å². The minimum absolute atomic E-state index is 0.0560. The first-order valence-corrected chi connectivity index (χ1v) is 7.44. The number of nitrogens with one attached hydrogen (secondary N) is 1. The molecule has 0 aliphatic heterocycles. The van der Waals surface area contributed by atoms with Crippen LogP contribution in [0.5, 0.6) is 0 Å². The minimum Gasteiger partial charge on any atom is -0.348 e. The van der Waals surface area contributed by atoms with Gasteiger partial charge in [-0.1, -0.05) is 18.2 Å². The lowest BCUT2D eigenvalue weighted by atomic mass is 10.1. The summed E-state index contributed by atoms with van der Waals surface area (Å²) in [5.41, 5.74) is 2.92. The first-order chi connectivity index (χ1) is 9.29. The van der Waals surface area contributed by atoms with E-state index in [0.717, 1.165) is 11.3 Å². The SMILES string of the molecule is CSCc1ccc(C(=O)NCc2cccnc2)cc1. The Labute approximate surface area is 117 Å². The van der Waals surface area contributed by atoms with Crippen LogP contribution in [0.3, 0.4) is 0 Å². The van der Waals surface area contributed by atoms with Crippen LogP contribution >= 0.6 is 11.8 Å². The fraction of sp³-hybridized carbons (Fsp3) is 0.200. The van der Waals surface area contributed by atoms with Crippen molar-refractivity contribution >= 4 is 17.7 Å². The van der Waals surface area contributed by atoms with Crippen molar-refractivity contribution in [1.82, 2.24) is 10.3 Å². The smallest absolute Gasteiger partial charge is 0.251 e. The average Bonchev–Trinajstić information content (AvgIpc) is 2.47. The summed E-state index contributed by atoms with van der Waals surface area (Å²) in [7, 11) is 0. The maximum Gasteiger partial charge on any atom is 0.251 e. The second-order valence-electron chi connectivity index (χ2n) is 4.17. The van der Waals surface area contributed by atoms with Gasteiger partial charge in [0.2, 0.25) is 0 Å². The summed E-state index contributed by atoms with van der Waals surface area (Å²) in [6.45, 7) is 0.499. The van der Waals surface area contributed by atoms with Gasteiger partial charge in [-0.25, -0.2) is 0 Å². The number of aromatic nitrogens is 1. The third-order valence-corrected chi connectivity index (χ3v) is 3.32. The van der Waals surface area contributed by atoms with Crippen molar-refractivity contribution in [2.45, 2.75) is 12.3 Å². The molecule has 98 valence electrons. The van der Waals surface area contributed by atoms with Gasteiger partial charge in [-0.3, -0.25) is 9.78 Å². The molecule has 0 bridgehead atoms. The first kappa shape index (κ1) is 13.6. The van der Waals surface area contributed by atoms with Crippen molar-refractivity contribution in [3.63, 3.8) is 0 Å². The number of thioether (sulfide) groups is 1. The summed E-state index contributed by atoms with van der Waals surface area (Å²) in [6.07, 6.45) is 5.53. The molecular weight excluding hydrogens is 256 g/mol. The van der Waals surface area contributed by atoms with E-state index in [1.54, 1.807) is 24.2 Å². The molecule has 1 aromatic heterocycles. The Morgan fingerprint density at radius 1 is 1.21 bits per heavy atom. The number of rotatable bonds is 5. The molecular formula is C15H16N2OS. The summed E-state index contributed by atoms with van der Waals surface area (Å²) in [4.78, 5) is 16.0. The van der Waals surface area contributed by atoms with Gasteiger partial charge in [-0.2, -0.15) is 11.8 Å². The van der Waals surface area contributed by atoms with Crippen LogP contribution in [0.4, 0.5) is 0 Å². The van der Waals surface area contributed by atoms with Gasteiger partial charge >= 0.3 is 0 Å². The molecule has 1 N–H and O–H groups in total. The van der Waals surface area contributed by atoms with E-state index in [2.05, 4.69) is 16.6 Å². The van der Waals surface area contributed by atoms with E-state index in [4.69, 9.17) is 0 Å². The van der Waals surface area contributed by atoms with Crippen LogP contribution in [-0.4, -0.2) is 17.1 Å². The number of hydrogen-bond acceptors (Lipinski definition) is 3. The number of carbonyl (C=O) groups excluding carboxylic acids is 1. The molecule has 19 heavy (non-hydrogen) atoms. The Kier molecular flexibility index (Phi) is 4.98. The van der Waals surface area contributed by atoms with E-state index in [1.807, 2.05) is 36.4 Å². The molecule has 1 amide bonds. The number of amides is 1. The fourth-order valence-corrected chi connectivity index (χ4v) is 2.23. The molecule has 0 fully saturated rings. The van der Waals surface area contributed by atoms with E-state index in [9.17, 15) is 4.79 Å². The monoisotopic (exact) mass is 272 g/mol.